The second-order valence-corrected chi connectivity index (χ2v) is 5.35. The number of aromatic nitrogens is 3. The molecule has 0 unspecified atom stereocenters. The maximum atomic E-state index is 12.4. The van der Waals surface area contributed by atoms with Crippen LogP contribution in [0.15, 0.2) is 33.8 Å². The zero-order valence-corrected chi connectivity index (χ0v) is 13.1. The van der Waals surface area contributed by atoms with Crippen LogP contribution in [0.1, 0.15) is 23.2 Å². The number of thiazole rings is 1. The lowest BCUT2D eigenvalue weighted by molar-refractivity contribution is -0.140. The van der Waals surface area contributed by atoms with Gasteiger partial charge >= 0.3 is 6.18 Å². The Morgan fingerprint density at radius 3 is 2.83 bits per heavy atom. The van der Waals surface area contributed by atoms with E-state index >= 15 is 0 Å². The van der Waals surface area contributed by atoms with Gasteiger partial charge in [0.2, 0.25) is 0 Å². The standard InChI is InChI=1S/C14H14F3N5S/c1-3-22-8-10(6-20-22)11(18-2)4-5-19-7-13-21-12(9-23-13)14(15,16)17/h4-6,8-9H,2-3,7H2,1H3/b11-4-,19-5?. The normalized spacial score (nSPS) is 13.0. The molecular formula is C14H14F3N5S. The van der Waals surface area contributed by atoms with Gasteiger partial charge in [-0.1, -0.05) is 0 Å². The number of halogens is 3. The summed E-state index contributed by atoms with van der Waals surface area (Å²) in [6, 6.07) is 0. The molecule has 0 atom stereocenters. The van der Waals surface area contributed by atoms with Gasteiger partial charge in [0.1, 0.15) is 5.01 Å². The number of aryl methyl sites for hydroxylation is 1. The molecule has 122 valence electrons. The van der Waals surface area contributed by atoms with Crippen LogP contribution in [0.2, 0.25) is 0 Å². The van der Waals surface area contributed by atoms with Crippen molar-refractivity contribution in [2.45, 2.75) is 26.2 Å². The van der Waals surface area contributed by atoms with E-state index in [1.165, 1.54) is 6.21 Å². The molecule has 0 N–H and O–H groups in total. The Bertz CT molecular complexity index is 727. The van der Waals surface area contributed by atoms with Gasteiger partial charge in [0.05, 0.1) is 18.4 Å². The molecule has 23 heavy (non-hydrogen) atoms. The number of nitrogens with zero attached hydrogens (tertiary/aromatic N) is 5. The van der Waals surface area contributed by atoms with Gasteiger partial charge in [-0.05, 0) is 19.7 Å². The summed E-state index contributed by atoms with van der Waals surface area (Å²) in [4.78, 5) is 11.4. The van der Waals surface area contributed by atoms with Gasteiger partial charge in [-0.2, -0.15) is 18.3 Å². The Kier molecular flexibility index (Phi) is 5.43. The lowest BCUT2D eigenvalue weighted by Gasteiger charge is -1.99. The van der Waals surface area contributed by atoms with E-state index in [9.17, 15) is 13.2 Å². The van der Waals surface area contributed by atoms with E-state index in [0.29, 0.717) is 10.7 Å². The van der Waals surface area contributed by atoms with E-state index in [1.807, 2.05) is 13.1 Å². The predicted molar refractivity (Wildman–Crippen MR) is 84.7 cm³/mol. The minimum Gasteiger partial charge on any atom is -0.286 e. The van der Waals surface area contributed by atoms with Gasteiger partial charge in [0, 0.05) is 29.9 Å². The quantitative estimate of drug-likeness (QED) is 0.753. The molecule has 0 saturated heterocycles. The lowest BCUT2D eigenvalue weighted by Crippen LogP contribution is -2.05. The van der Waals surface area contributed by atoms with E-state index in [-0.39, 0.29) is 6.54 Å². The number of aliphatic imine (C=N–C) groups is 2. The molecule has 0 aliphatic carbocycles. The molecule has 0 saturated carbocycles. The predicted octanol–water partition coefficient (Wildman–Crippen LogP) is 3.69. The van der Waals surface area contributed by atoms with Crippen molar-refractivity contribution >= 4 is 30.0 Å². The fourth-order valence-electron chi connectivity index (χ4n) is 1.68. The molecule has 0 aliphatic rings. The maximum Gasteiger partial charge on any atom is 0.434 e. The summed E-state index contributed by atoms with van der Waals surface area (Å²) in [5.74, 6) is 0. The summed E-state index contributed by atoms with van der Waals surface area (Å²) in [6.45, 7) is 6.27. The molecule has 0 radical (unpaired) electrons. The van der Waals surface area contributed by atoms with Crippen LogP contribution in [0.25, 0.3) is 5.70 Å². The van der Waals surface area contributed by atoms with Crippen LogP contribution in [0.4, 0.5) is 13.2 Å². The Hall–Kier alpha value is -2.29. The molecule has 9 heteroatoms. The smallest absolute Gasteiger partial charge is 0.286 e. The summed E-state index contributed by atoms with van der Waals surface area (Å²) in [6.07, 6.45) is 2.17. The third-order valence-electron chi connectivity index (χ3n) is 2.83. The fourth-order valence-corrected chi connectivity index (χ4v) is 2.41. The molecule has 2 aromatic rings. The van der Waals surface area contributed by atoms with Crippen molar-refractivity contribution in [1.29, 1.82) is 0 Å². The zero-order valence-electron chi connectivity index (χ0n) is 12.3. The summed E-state index contributed by atoms with van der Waals surface area (Å²) < 4.78 is 39.0. The Labute approximate surface area is 134 Å². The topological polar surface area (TPSA) is 55.4 Å². The average Bonchev–Trinajstić information content (AvgIpc) is 3.15. The van der Waals surface area contributed by atoms with Crippen LogP contribution in [0, 0.1) is 0 Å². The van der Waals surface area contributed by atoms with E-state index < -0.39 is 11.9 Å². The van der Waals surface area contributed by atoms with Gasteiger partial charge in [0.15, 0.2) is 5.69 Å². The minimum absolute atomic E-state index is 0.0793. The van der Waals surface area contributed by atoms with Crippen molar-refractivity contribution < 1.29 is 13.2 Å². The van der Waals surface area contributed by atoms with E-state index in [4.69, 9.17) is 0 Å². The van der Waals surface area contributed by atoms with E-state index in [1.54, 1.807) is 17.0 Å². The van der Waals surface area contributed by atoms with Crippen LogP contribution >= 0.6 is 11.3 Å². The molecule has 5 nitrogen and oxygen atoms in total. The first kappa shape index (κ1) is 17.1. The third kappa shape index (κ3) is 4.59. The Balaban J connectivity index is 2.01. The van der Waals surface area contributed by atoms with Crippen LogP contribution in [0.5, 0.6) is 0 Å². The zero-order chi connectivity index (χ0) is 16.9. The SMILES string of the molecule is C=N/C(=C\C=NCc1nc(C(F)(F)F)cs1)c1cnn(CC)c1. The molecule has 0 aliphatic heterocycles. The molecule has 0 bridgehead atoms. The number of rotatable bonds is 6. The average molecular weight is 341 g/mol. The second-order valence-electron chi connectivity index (χ2n) is 4.41. The van der Waals surface area contributed by atoms with Crippen molar-refractivity contribution in [2.24, 2.45) is 9.98 Å². The number of hydrogen-bond donors (Lipinski definition) is 0. The number of hydrogen-bond acceptors (Lipinski definition) is 5. The van der Waals surface area contributed by atoms with E-state index in [2.05, 4.69) is 26.8 Å². The summed E-state index contributed by atoms with van der Waals surface area (Å²) in [7, 11) is 0. The summed E-state index contributed by atoms with van der Waals surface area (Å²) in [5.41, 5.74) is 0.495. The Morgan fingerprint density at radius 1 is 1.48 bits per heavy atom. The van der Waals surface area contributed by atoms with Gasteiger partial charge in [0.25, 0.3) is 0 Å². The third-order valence-corrected chi connectivity index (χ3v) is 3.66. The Morgan fingerprint density at radius 2 is 2.26 bits per heavy atom. The molecule has 0 spiro atoms. The first-order valence-corrected chi connectivity index (χ1v) is 7.53. The highest BCUT2D eigenvalue weighted by molar-refractivity contribution is 7.09. The summed E-state index contributed by atoms with van der Waals surface area (Å²) in [5, 5.41) is 5.42. The molecule has 2 aromatic heterocycles. The van der Waals surface area contributed by atoms with E-state index in [0.717, 1.165) is 28.8 Å². The molecule has 2 rings (SSSR count). The minimum atomic E-state index is -4.42. The highest BCUT2D eigenvalue weighted by Crippen LogP contribution is 2.30. The van der Waals surface area contributed by atoms with Gasteiger partial charge in [-0.15, -0.1) is 11.3 Å². The number of alkyl halides is 3. The molecule has 0 fully saturated rings. The maximum absolute atomic E-state index is 12.4. The number of allylic oxidation sites excluding steroid dienone is 1. The second kappa shape index (κ2) is 7.32. The van der Waals surface area contributed by atoms with Crippen molar-refractivity contribution in [3.8, 4) is 0 Å². The van der Waals surface area contributed by atoms with Crippen LogP contribution in [-0.4, -0.2) is 27.7 Å². The van der Waals surface area contributed by atoms with Crippen LogP contribution in [-0.2, 0) is 19.3 Å². The van der Waals surface area contributed by atoms with Gasteiger partial charge in [-0.3, -0.25) is 14.7 Å². The lowest BCUT2D eigenvalue weighted by atomic mass is 10.2. The first-order chi connectivity index (χ1) is 10.9. The first-order valence-electron chi connectivity index (χ1n) is 6.65. The van der Waals surface area contributed by atoms with Gasteiger partial charge in [-0.25, -0.2) is 4.98 Å². The molecular weight excluding hydrogens is 327 g/mol. The largest absolute Gasteiger partial charge is 0.434 e. The van der Waals surface area contributed by atoms with Crippen molar-refractivity contribution in [3.63, 3.8) is 0 Å². The van der Waals surface area contributed by atoms with Crippen molar-refractivity contribution in [1.82, 2.24) is 14.8 Å². The van der Waals surface area contributed by atoms with Crippen LogP contribution < -0.4 is 0 Å². The fraction of sp³-hybridized carbons (Fsp3) is 0.286. The monoisotopic (exact) mass is 341 g/mol. The molecule has 0 amide bonds. The van der Waals surface area contributed by atoms with Crippen molar-refractivity contribution in [2.75, 3.05) is 0 Å². The highest BCUT2D eigenvalue weighted by Gasteiger charge is 2.33. The van der Waals surface area contributed by atoms with Gasteiger partial charge < -0.3 is 0 Å². The highest BCUT2D eigenvalue weighted by atomic mass is 32.1. The molecule has 2 heterocycles. The summed E-state index contributed by atoms with van der Waals surface area (Å²) >= 11 is 0.929. The van der Waals surface area contributed by atoms with Crippen LogP contribution in [0.3, 0.4) is 0 Å². The molecule has 0 aromatic carbocycles. The van der Waals surface area contributed by atoms with Crippen molar-refractivity contribution in [3.05, 3.63) is 40.1 Å².